The van der Waals surface area contributed by atoms with Crippen molar-refractivity contribution >= 4 is 28.9 Å². The second-order valence-corrected chi connectivity index (χ2v) is 11.3. The Kier molecular flexibility index (Phi) is 7.96. The molecular formula is C34H38N4O2. The van der Waals surface area contributed by atoms with Crippen molar-refractivity contribution in [3.8, 4) is 0 Å². The Morgan fingerprint density at radius 2 is 1.52 bits per heavy atom. The number of anilines is 2. The number of nitrogens with one attached hydrogen (secondary N) is 3. The number of carbonyl (C=O) groups is 2. The van der Waals surface area contributed by atoms with Gasteiger partial charge in [-0.05, 0) is 73.7 Å². The molecule has 2 amide bonds. The number of likely N-dealkylation sites (tertiary alicyclic amines) is 1. The summed E-state index contributed by atoms with van der Waals surface area (Å²) >= 11 is 0. The number of benzene rings is 3. The summed E-state index contributed by atoms with van der Waals surface area (Å²) in [5, 5.41) is 9.86. The van der Waals surface area contributed by atoms with E-state index in [9.17, 15) is 9.59 Å². The molecule has 3 N–H and O–H groups in total. The van der Waals surface area contributed by atoms with Crippen molar-refractivity contribution in [1.29, 1.82) is 0 Å². The zero-order valence-corrected chi connectivity index (χ0v) is 23.0. The van der Waals surface area contributed by atoms with Crippen molar-refractivity contribution < 1.29 is 9.59 Å². The molecule has 6 heteroatoms. The van der Waals surface area contributed by atoms with Gasteiger partial charge in [-0.3, -0.25) is 14.5 Å². The van der Waals surface area contributed by atoms with E-state index in [-0.39, 0.29) is 17.7 Å². The lowest BCUT2D eigenvalue weighted by atomic mass is 9.84. The Morgan fingerprint density at radius 3 is 2.27 bits per heavy atom. The molecule has 3 aromatic carbocycles. The summed E-state index contributed by atoms with van der Waals surface area (Å²) in [7, 11) is 0. The van der Waals surface area contributed by atoms with Gasteiger partial charge in [0.15, 0.2) is 0 Å². The first-order valence-electron chi connectivity index (χ1n) is 14.7. The van der Waals surface area contributed by atoms with Crippen LogP contribution in [-0.2, 0) is 16.1 Å². The highest BCUT2D eigenvalue weighted by Crippen LogP contribution is 2.36. The monoisotopic (exact) mass is 534 g/mol. The maximum absolute atomic E-state index is 13.8. The molecule has 40 heavy (non-hydrogen) atoms. The fraction of sp³-hybridized carbons (Fsp3) is 0.353. The van der Waals surface area contributed by atoms with Gasteiger partial charge in [-0.1, -0.05) is 79.9 Å². The normalized spacial score (nSPS) is 20.0. The number of amides is 2. The Morgan fingerprint density at radius 1 is 0.825 bits per heavy atom. The quantitative estimate of drug-likeness (QED) is 0.289. The van der Waals surface area contributed by atoms with E-state index in [2.05, 4.69) is 57.2 Å². The van der Waals surface area contributed by atoms with E-state index >= 15 is 0 Å². The standard InChI is InChI=1S/C34H38N4O2/c39-33-30(28-15-7-8-16-29(28)36-33)34(40)37-32(26-13-5-2-6-14-26)31(25-11-3-1-4-12-25)35-27-19-17-24(18-20-27)23-38-21-9-10-22-38/h1,3-4,7-8,11-12,15-20,26,30,35H,2,5-6,9-10,13-14,21-23H2,(H,36,39)(H,37,40). The van der Waals surface area contributed by atoms with Gasteiger partial charge in [-0.2, -0.15) is 0 Å². The molecule has 0 radical (unpaired) electrons. The molecule has 1 saturated heterocycles. The van der Waals surface area contributed by atoms with E-state index < -0.39 is 5.92 Å². The van der Waals surface area contributed by atoms with Crippen molar-refractivity contribution in [2.75, 3.05) is 23.7 Å². The number of para-hydroxylation sites is 1. The second-order valence-electron chi connectivity index (χ2n) is 11.3. The molecule has 3 aromatic rings. The van der Waals surface area contributed by atoms with Gasteiger partial charge in [0.1, 0.15) is 5.92 Å². The average molecular weight is 535 g/mol. The van der Waals surface area contributed by atoms with Gasteiger partial charge in [-0.15, -0.1) is 0 Å². The largest absolute Gasteiger partial charge is 0.354 e. The number of fused-ring (bicyclic) bond motifs is 1. The first-order chi connectivity index (χ1) is 19.7. The predicted octanol–water partition coefficient (Wildman–Crippen LogP) is 6.50. The number of allylic oxidation sites excluding steroid dienone is 1. The lowest BCUT2D eigenvalue weighted by Crippen LogP contribution is -2.36. The number of hydrogen-bond donors (Lipinski definition) is 3. The van der Waals surface area contributed by atoms with Gasteiger partial charge in [0, 0.05) is 29.5 Å². The van der Waals surface area contributed by atoms with Crippen molar-refractivity contribution in [2.45, 2.75) is 57.4 Å². The summed E-state index contributed by atoms with van der Waals surface area (Å²) in [5.41, 5.74) is 6.54. The van der Waals surface area contributed by atoms with Gasteiger partial charge in [0.25, 0.3) is 0 Å². The Bertz CT molecular complexity index is 1370. The molecule has 6 nitrogen and oxygen atoms in total. The average Bonchev–Trinajstić information content (AvgIpc) is 3.63. The van der Waals surface area contributed by atoms with Crippen LogP contribution >= 0.6 is 0 Å². The first-order valence-corrected chi connectivity index (χ1v) is 14.7. The van der Waals surface area contributed by atoms with Crippen LogP contribution in [0.3, 0.4) is 0 Å². The molecule has 2 aliphatic heterocycles. The summed E-state index contributed by atoms with van der Waals surface area (Å²) in [4.78, 5) is 29.2. The van der Waals surface area contributed by atoms with E-state index in [4.69, 9.17) is 0 Å². The third kappa shape index (κ3) is 5.82. The van der Waals surface area contributed by atoms with Crippen LogP contribution in [0.4, 0.5) is 11.4 Å². The minimum atomic E-state index is -0.864. The van der Waals surface area contributed by atoms with E-state index in [1.54, 1.807) is 0 Å². The molecule has 3 aliphatic rings. The molecule has 2 heterocycles. The van der Waals surface area contributed by atoms with Crippen LogP contribution in [0.1, 0.15) is 67.6 Å². The van der Waals surface area contributed by atoms with Gasteiger partial charge < -0.3 is 16.0 Å². The van der Waals surface area contributed by atoms with Crippen molar-refractivity contribution in [1.82, 2.24) is 10.2 Å². The smallest absolute Gasteiger partial charge is 0.241 e. The van der Waals surface area contributed by atoms with Crippen LogP contribution in [-0.4, -0.2) is 29.8 Å². The molecule has 0 spiro atoms. The fourth-order valence-electron chi connectivity index (χ4n) is 6.37. The van der Waals surface area contributed by atoms with Crippen LogP contribution in [0, 0.1) is 5.92 Å². The van der Waals surface area contributed by atoms with E-state index in [0.29, 0.717) is 5.69 Å². The van der Waals surface area contributed by atoms with Gasteiger partial charge in [0.2, 0.25) is 11.8 Å². The summed E-state index contributed by atoms with van der Waals surface area (Å²) < 4.78 is 0. The summed E-state index contributed by atoms with van der Waals surface area (Å²) in [6.07, 6.45) is 8.06. The number of rotatable bonds is 8. The maximum atomic E-state index is 13.8. The first kappa shape index (κ1) is 26.3. The van der Waals surface area contributed by atoms with Crippen LogP contribution in [0.5, 0.6) is 0 Å². The van der Waals surface area contributed by atoms with E-state index in [1.165, 1.54) is 37.9 Å². The third-order valence-electron chi connectivity index (χ3n) is 8.49. The third-order valence-corrected chi connectivity index (χ3v) is 8.49. The fourth-order valence-corrected chi connectivity index (χ4v) is 6.37. The van der Waals surface area contributed by atoms with E-state index in [0.717, 1.165) is 60.4 Å². The molecule has 0 bridgehead atoms. The Hall–Kier alpha value is -3.90. The second kappa shape index (κ2) is 12.1. The molecule has 1 unspecified atom stereocenters. The highest BCUT2D eigenvalue weighted by atomic mass is 16.2. The molecular weight excluding hydrogens is 496 g/mol. The minimum absolute atomic E-state index is 0.203. The van der Waals surface area contributed by atoms with E-state index in [1.807, 2.05) is 42.5 Å². The van der Waals surface area contributed by atoms with Crippen LogP contribution < -0.4 is 16.0 Å². The van der Waals surface area contributed by atoms with Gasteiger partial charge in [-0.25, -0.2) is 0 Å². The SMILES string of the molecule is O=C(NC(=C(Nc1ccc(CN2CCCC2)cc1)c1ccccc1)C1CCCCC1)C1C(=O)Nc2ccccc21. The maximum Gasteiger partial charge on any atom is 0.241 e. The van der Waals surface area contributed by atoms with Crippen LogP contribution in [0.15, 0.2) is 84.6 Å². The van der Waals surface area contributed by atoms with Crippen LogP contribution in [0.2, 0.25) is 0 Å². The van der Waals surface area contributed by atoms with Crippen molar-refractivity contribution in [3.63, 3.8) is 0 Å². The topological polar surface area (TPSA) is 73.5 Å². The van der Waals surface area contributed by atoms with Gasteiger partial charge >= 0.3 is 0 Å². The predicted molar refractivity (Wildman–Crippen MR) is 160 cm³/mol. The minimum Gasteiger partial charge on any atom is -0.354 e. The Balaban J connectivity index is 1.34. The highest BCUT2D eigenvalue weighted by Gasteiger charge is 2.37. The number of carbonyl (C=O) groups excluding carboxylic acids is 2. The van der Waals surface area contributed by atoms with Crippen molar-refractivity contribution in [2.24, 2.45) is 5.92 Å². The molecule has 2 fully saturated rings. The summed E-state index contributed by atoms with van der Waals surface area (Å²) in [5.74, 6) is -1.21. The van der Waals surface area contributed by atoms with Crippen LogP contribution in [0.25, 0.3) is 5.70 Å². The Labute approximate surface area is 236 Å². The molecule has 1 aliphatic carbocycles. The van der Waals surface area contributed by atoms with Crippen molar-refractivity contribution in [3.05, 3.63) is 101 Å². The highest BCUT2D eigenvalue weighted by molar-refractivity contribution is 6.16. The number of hydrogen-bond acceptors (Lipinski definition) is 4. The summed E-state index contributed by atoms with van der Waals surface area (Å²) in [6.45, 7) is 3.33. The molecule has 0 aromatic heterocycles. The molecule has 1 saturated carbocycles. The zero-order chi connectivity index (χ0) is 27.3. The lowest BCUT2D eigenvalue weighted by Gasteiger charge is -2.29. The van der Waals surface area contributed by atoms with Gasteiger partial charge in [0.05, 0.1) is 5.70 Å². The summed E-state index contributed by atoms with van der Waals surface area (Å²) in [6, 6.07) is 26.3. The number of nitrogens with zero attached hydrogens (tertiary/aromatic N) is 1. The zero-order valence-electron chi connectivity index (χ0n) is 23.0. The molecule has 1 atom stereocenters. The molecule has 206 valence electrons. The lowest BCUT2D eigenvalue weighted by molar-refractivity contribution is -0.128. The molecule has 6 rings (SSSR count).